The number of allylic oxidation sites excluding steroid dienone is 1. The number of fused-ring (bicyclic) bond motifs is 2. The Bertz CT molecular complexity index is 1440. The first kappa shape index (κ1) is 30.7. The lowest BCUT2D eigenvalue weighted by Crippen LogP contribution is -2.48. The van der Waals surface area contributed by atoms with Gasteiger partial charge in [0.15, 0.2) is 0 Å². The predicted octanol–water partition coefficient (Wildman–Crippen LogP) is 2.16. The van der Waals surface area contributed by atoms with Crippen molar-refractivity contribution < 1.29 is 23.9 Å². The van der Waals surface area contributed by atoms with Crippen LogP contribution in [0.25, 0.3) is 0 Å². The van der Waals surface area contributed by atoms with Crippen LogP contribution < -0.4 is 21.5 Å². The van der Waals surface area contributed by atoms with E-state index >= 15 is 0 Å². The van der Waals surface area contributed by atoms with Gasteiger partial charge in [-0.3, -0.25) is 19.2 Å². The summed E-state index contributed by atoms with van der Waals surface area (Å²) in [5, 5.41) is 8.44. The summed E-state index contributed by atoms with van der Waals surface area (Å²) in [6, 6.07) is 2.04. The number of nitrogens with one attached hydrogen (secondary N) is 3. The lowest BCUT2D eigenvalue weighted by atomic mass is 9.69. The van der Waals surface area contributed by atoms with Crippen LogP contribution in [-0.4, -0.2) is 57.0 Å². The van der Waals surface area contributed by atoms with Crippen molar-refractivity contribution in [3.05, 3.63) is 59.1 Å². The van der Waals surface area contributed by atoms with E-state index in [2.05, 4.69) is 46.4 Å². The van der Waals surface area contributed by atoms with E-state index in [1.54, 1.807) is 13.1 Å². The minimum Gasteiger partial charge on any atom is -0.466 e. The molecular formula is C30H40N6O6. The number of ether oxygens (including phenoxy) is 1. The minimum absolute atomic E-state index is 0.00900. The normalized spacial score (nSPS) is 23.0. The SMILES string of the molecule is COC(=O)/C=C/CC[C@H](NC(=O)c1cncn1C)C(=O)Nc1cccn(CC(=O)N[C@H]2C[C@H]3CC[C@]2(C)C3(C)C)c1=O. The Hall–Kier alpha value is -4.22. The monoisotopic (exact) mass is 580 g/mol. The zero-order valence-electron chi connectivity index (χ0n) is 24.8. The molecule has 0 unspecified atom stereocenters. The van der Waals surface area contributed by atoms with E-state index in [1.807, 2.05) is 0 Å². The van der Waals surface area contributed by atoms with Gasteiger partial charge in [0.05, 0.1) is 19.6 Å². The van der Waals surface area contributed by atoms with E-state index in [0.29, 0.717) is 5.92 Å². The molecule has 0 radical (unpaired) electrons. The van der Waals surface area contributed by atoms with Gasteiger partial charge in [-0.15, -0.1) is 0 Å². The smallest absolute Gasteiger partial charge is 0.330 e. The highest BCUT2D eigenvalue weighted by Gasteiger charge is 2.61. The molecule has 12 nitrogen and oxygen atoms in total. The number of rotatable bonds is 11. The fourth-order valence-corrected chi connectivity index (χ4v) is 6.38. The summed E-state index contributed by atoms with van der Waals surface area (Å²) in [6.07, 6.45) is 10.7. The van der Waals surface area contributed by atoms with E-state index in [0.717, 1.165) is 12.8 Å². The molecule has 4 rings (SSSR count). The van der Waals surface area contributed by atoms with Crippen molar-refractivity contribution in [2.75, 3.05) is 12.4 Å². The van der Waals surface area contributed by atoms with Gasteiger partial charge in [-0.05, 0) is 61.0 Å². The van der Waals surface area contributed by atoms with Gasteiger partial charge in [-0.25, -0.2) is 9.78 Å². The van der Waals surface area contributed by atoms with Gasteiger partial charge < -0.3 is 29.8 Å². The van der Waals surface area contributed by atoms with E-state index in [1.165, 1.54) is 59.6 Å². The van der Waals surface area contributed by atoms with Crippen molar-refractivity contribution in [3.8, 4) is 0 Å². The van der Waals surface area contributed by atoms with Crippen LogP contribution in [0.1, 0.15) is 63.4 Å². The molecule has 42 heavy (non-hydrogen) atoms. The third kappa shape index (κ3) is 6.17. The fourth-order valence-electron chi connectivity index (χ4n) is 6.38. The second-order valence-electron chi connectivity index (χ2n) is 12.0. The summed E-state index contributed by atoms with van der Waals surface area (Å²) in [7, 11) is 2.91. The topological polar surface area (TPSA) is 153 Å². The standard InChI is InChI=1S/C30H40N6O6/c1-29(2)19-12-13-30(29,3)23(15-19)34-24(37)17-36-14-8-10-21(28(36)41)33-26(39)20(9-6-7-11-25(38)42-5)32-27(40)22-16-31-18-35(22)4/h7-8,10-11,14,16,18-20,23H,6,9,12-13,15,17H2,1-5H3,(H,32,40)(H,33,39)(H,34,37)/b11-7+/t19-,20+,23+,30+/m1/s1. The van der Waals surface area contributed by atoms with Gasteiger partial charge in [0, 0.05) is 25.4 Å². The number of aryl methyl sites for hydroxylation is 1. The summed E-state index contributed by atoms with van der Waals surface area (Å²) >= 11 is 0. The Morgan fingerprint density at radius 1 is 1.24 bits per heavy atom. The highest BCUT2D eigenvalue weighted by atomic mass is 16.5. The number of pyridine rings is 1. The van der Waals surface area contributed by atoms with Crippen LogP contribution in [0.2, 0.25) is 0 Å². The van der Waals surface area contributed by atoms with Crippen LogP contribution in [0.3, 0.4) is 0 Å². The molecule has 226 valence electrons. The number of imidazole rings is 1. The molecule has 0 aromatic carbocycles. The molecule has 2 aliphatic carbocycles. The number of methoxy groups -OCH3 is 1. The fraction of sp³-hybridized carbons (Fsp3) is 0.533. The highest BCUT2D eigenvalue weighted by molar-refractivity contribution is 6.00. The zero-order valence-corrected chi connectivity index (χ0v) is 24.8. The number of anilines is 1. The molecule has 2 bridgehead atoms. The van der Waals surface area contributed by atoms with Gasteiger partial charge in [-0.2, -0.15) is 0 Å². The van der Waals surface area contributed by atoms with Crippen molar-refractivity contribution in [2.45, 2.75) is 71.5 Å². The van der Waals surface area contributed by atoms with Crippen LogP contribution >= 0.6 is 0 Å². The second-order valence-corrected chi connectivity index (χ2v) is 12.0. The van der Waals surface area contributed by atoms with Gasteiger partial charge >= 0.3 is 5.97 Å². The summed E-state index contributed by atoms with van der Waals surface area (Å²) < 4.78 is 7.35. The van der Waals surface area contributed by atoms with Gasteiger partial charge in [0.2, 0.25) is 11.8 Å². The summed E-state index contributed by atoms with van der Waals surface area (Å²) in [4.78, 5) is 67.7. The van der Waals surface area contributed by atoms with Crippen molar-refractivity contribution in [3.63, 3.8) is 0 Å². The molecule has 2 aliphatic rings. The largest absolute Gasteiger partial charge is 0.466 e. The van der Waals surface area contributed by atoms with Gasteiger partial charge in [0.1, 0.15) is 24.0 Å². The third-order valence-electron chi connectivity index (χ3n) is 9.47. The van der Waals surface area contributed by atoms with Crippen molar-refractivity contribution in [1.29, 1.82) is 0 Å². The van der Waals surface area contributed by atoms with Crippen LogP contribution in [0.4, 0.5) is 5.69 Å². The molecular weight excluding hydrogens is 540 g/mol. The Labute approximate surface area is 244 Å². The van der Waals surface area contributed by atoms with Gasteiger partial charge in [-0.1, -0.05) is 26.8 Å². The van der Waals surface area contributed by atoms with Crippen molar-refractivity contribution in [2.24, 2.45) is 23.8 Å². The first-order chi connectivity index (χ1) is 19.9. The number of aromatic nitrogens is 3. The molecule has 12 heteroatoms. The third-order valence-corrected chi connectivity index (χ3v) is 9.47. The molecule has 2 fully saturated rings. The molecule has 4 atom stereocenters. The first-order valence-corrected chi connectivity index (χ1v) is 14.2. The molecule has 3 amide bonds. The van der Waals surface area contributed by atoms with E-state index in [9.17, 15) is 24.0 Å². The number of carbonyl (C=O) groups is 4. The maximum absolute atomic E-state index is 13.3. The summed E-state index contributed by atoms with van der Waals surface area (Å²) in [5.74, 6) is -1.37. The van der Waals surface area contributed by atoms with Crippen molar-refractivity contribution in [1.82, 2.24) is 24.8 Å². The molecule has 0 saturated heterocycles. The molecule has 2 aromatic heterocycles. The average Bonchev–Trinajstić information content (AvgIpc) is 3.53. The molecule has 2 saturated carbocycles. The van der Waals surface area contributed by atoms with Crippen molar-refractivity contribution >= 4 is 29.4 Å². The Kier molecular flexibility index (Phi) is 9.03. The van der Waals surface area contributed by atoms with Crippen LogP contribution in [0.5, 0.6) is 0 Å². The van der Waals surface area contributed by atoms with Crippen LogP contribution in [-0.2, 0) is 32.7 Å². The molecule has 0 spiro atoms. The van der Waals surface area contributed by atoms with Gasteiger partial charge in [0.25, 0.3) is 11.5 Å². The van der Waals surface area contributed by atoms with Crippen LogP contribution in [0.15, 0.2) is 47.8 Å². The average molecular weight is 581 g/mol. The second kappa shape index (κ2) is 12.3. The van der Waals surface area contributed by atoms with E-state index in [4.69, 9.17) is 0 Å². The summed E-state index contributed by atoms with van der Waals surface area (Å²) in [5.41, 5.74) is -0.159. The lowest BCUT2D eigenvalue weighted by Gasteiger charge is -2.39. The molecule has 0 aliphatic heterocycles. The highest BCUT2D eigenvalue weighted by Crippen LogP contribution is 2.65. The molecule has 2 heterocycles. The molecule has 2 aromatic rings. The number of nitrogens with zero attached hydrogens (tertiary/aromatic N) is 3. The quantitative estimate of drug-likeness (QED) is 0.272. The maximum Gasteiger partial charge on any atom is 0.330 e. The number of amides is 3. The Morgan fingerprint density at radius 2 is 2.00 bits per heavy atom. The number of hydrogen-bond donors (Lipinski definition) is 3. The lowest BCUT2D eigenvalue weighted by molar-refractivity contribution is -0.134. The van der Waals surface area contributed by atoms with E-state index in [-0.39, 0.29) is 53.5 Å². The van der Waals surface area contributed by atoms with Crippen LogP contribution in [0, 0.1) is 16.7 Å². The maximum atomic E-state index is 13.3. The number of carbonyl (C=O) groups excluding carboxylic acids is 4. The zero-order chi connectivity index (χ0) is 30.7. The summed E-state index contributed by atoms with van der Waals surface area (Å²) in [6.45, 7) is 6.60. The first-order valence-electron chi connectivity index (χ1n) is 14.2. The number of hydrogen-bond acceptors (Lipinski definition) is 7. The Morgan fingerprint density at radius 3 is 2.62 bits per heavy atom. The Balaban J connectivity index is 1.43. The predicted molar refractivity (Wildman–Crippen MR) is 155 cm³/mol. The molecule has 3 N–H and O–H groups in total. The minimum atomic E-state index is -1.03. The number of esters is 1. The van der Waals surface area contributed by atoms with E-state index < -0.39 is 29.4 Å².